The van der Waals surface area contributed by atoms with E-state index in [0.29, 0.717) is 23.1 Å². The van der Waals surface area contributed by atoms with Crippen molar-refractivity contribution in [2.75, 3.05) is 6.54 Å². The number of carbonyl (C=O) groups excluding carboxylic acids is 1. The molecular formula is C22H20FNO3. The van der Waals surface area contributed by atoms with Crippen molar-refractivity contribution in [3.63, 3.8) is 0 Å². The van der Waals surface area contributed by atoms with Crippen molar-refractivity contribution in [2.45, 2.75) is 32.2 Å². The molecule has 0 bridgehead atoms. The number of rotatable bonds is 5. The third-order valence-corrected chi connectivity index (χ3v) is 5.08. The first-order valence-corrected chi connectivity index (χ1v) is 9.24. The highest BCUT2D eigenvalue weighted by Crippen LogP contribution is 2.39. The quantitative estimate of drug-likeness (QED) is 0.618. The molecule has 0 radical (unpaired) electrons. The molecule has 0 N–H and O–H groups in total. The molecule has 1 aromatic heterocycles. The Balaban J connectivity index is 1.94. The van der Waals surface area contributed by atoms with Gasteiger partial charge < -0.3 is 9.32 Å². The average Bonchev–Trinajstić information content (AvgIpc) is 2.95. The lowest BCUT2D eigenvalue weighted by atomic mass is 9.98. The molecule has 1 unspecified atom stereocenters. The van der Waals surface area contributed by atoms with Crippen molar-refractivity contribution in [3.8, 4) is 0 Å². The molecule has 0 spiro atoms. The maximum absolute atomic E-state index is 14.6. The number of para-hydroxylation sites is 1. The fourth-order valence-corrected chi connectivity index (χ4v) is 3.75. The number of benzene rings is 2. The molecule has 4 rings (SSSR count). The van der Waals surface area contributed by atoms with Crippen LogP contribution in [0, 0.1) is 5.82 Å². The van der Waals surface area contributed by atoms with Crippen LogP contribution in [0.5, 0.6) is 0 Å². The van der Waals surface area contributed by atoms with E-state index in [4.69, 9.17) is 4.42 Å². The van der Waals surface area contributed by atoms with Crippen molar-refractivity contribution in [2.24, 2.45) is 0 Å². The lowest BCUT2D eigenvalue weighted by molar-refractivity contribution is 0.0723. The molecule has 0 aliphatic carbocycles. The van der Waals surface area contributed by atoms with Gasteiger partial charge in [-0.2, -0.15) is 0 Å². The van der Waals surface area contributed by atoms with Crippen LogP contribution < -0.4 is 5.43 Å². The minimum Gasteiger partial charge on any atom is -0.450 e. The van der Waals surface area contributed by atoms with Gasteiger partial charge in [0, 0.05) is 12.1 Å². The van der Waals surface area contributed by atoms with Gasteiger partial charge in [0.05, 0.1) is 17.0 Å². The van der Waals surface area contributed by atoms with Gasteiger partial charge in [-0.05, 0) is 24.6 Å². The summed E-state index contributed by atoms with van der Waals surface area (Å²) in [6.07, 6.45) is 2.74. The summed E-state index contributed by atoms with van der Waals surface area (Å²) in [7, 11) is 0. The summed E-state index contributed by atoms with van der Waals surface area (Å²) < 4.78 is 20.4. The van der Waals surface area contributed by atoms with Crippen LogP contribution in [0.1, 0.15) is 53.9 Å². The van der Waals surface area contributed by atoms with Crippen molar-refractivity contribution < 1.29 is 13.6 Å². The number of hydrogen-bond donors (Lipinski definition) is 0. The van der Waals surface area contributed by atoms with Crippen LogP contribution in [-0.2, 0) is 0 Å². The Bertz CT molecular complexity index is 1070. The summed E-state index contributed by atoms with van der Waals surface area (Å²) in [5, 5.41) is 0.404. The maximum Gasteiger partial charge on any atom is 0.290 e. The molecule has 2 aromatic carbocycles. The van der Waals surface area contributed by atoms with E-state index in [9.17, 15) is 14.0 Å². The Labute approximate surface area is 156 Å². The molecule has 1 aliphatic heterocycles. The van der Waals surface area contributed by atoms with E-state index in [2.05, 4.69) is 6.92 Å². The molecule has 0 saturated carbocycles. The van der Waals surface area contributed by atoms with Crippen molar-refractivity contribution in [3.05, 3.63) is 81.5 Å². The van der Waals surface area contributed by atoms with E-state index >= 15 is 0 Å². The smallest absolute Gasteiger partial charge is 0.290 e. The molecule has 138 valence electrons. The van der Waals surface area contributed by atoms with E-state index < -0.39 is 11.9 Å². The minimum atomic E-state index is -0.758. The van der Waals surface area contributed by atoms with Gasteiger partial charge >= 0.3 is 0 Å². The van der Waals surface area contributed by atoms with Gasteiger partial charge in [0.25, 0.3) is 5.91 Å². The standard InChI is InChI=1S/C22H20FNO3/c1-2-3-8-13-24-19(14-9-4-6-11-16(14)23)18-20(25)15-10-5-7-12-17(15)27-21(18)22(24)26/h4-7,9-12,19H,2-3,8,13H2,1H3. The number of nitrogens with zero attached hydrogens (tertiary/aromatic N) is 1. The van der Waals surface area contributed by atoms with Gasteiger partial charge in [0.1, 0.15) is 11.4 Å². The zero-order valence-corrected chi connectivity index (χ0v) is 15.1. The SMILES string of the molecule is CCCCCN1C(=O)c2oc3ccccc3c(=O)c2C1c1ccccc1F. The molecule has 4 nitrogen and oxygen atoms in total. The van der Waals surface area contributed by atoms with Gasteiger partial charge in [0.2, 0.25) is 5.76 Å². The first-order chi connectivity index (χ1) is 13.1. The Hall–Kier alpha value is -2.95. The molecule has 2 heterocycles. The average molecular weight is 365 g/mol. The minimum absolute atomic E-state index is 0.0310. The molecule has 1 amide bonds. The fraction of sp³-hybridized carbons (Fsp3) is 0.273. The number of fused-ring (bicyclic) bond motifs is 2. The highest BCUT2D eigenvalue weighted by molar-refractivity contribution is 5.99. The summed E-state index contributed by atoms with van der Waals surface area (Å²) in [5.74, 6) is -0.753. The molecule has 1 aliphatic rings. The van der Waals surface area contributed by atoms with E-state index in [-0.39, 0.29) is 22.7 Å². The molecule has 0 saturated heterocycles. The number of hydrogen-bond acceptors (Lipinski definition) is 3. The Kier molecular flexibility index (Phi) is 4.52. The van der Waals surface area contributed by atoms with Crippen LogP contribution >= 0.6 is 0 Å². The summed E-state index contributed by atoms with van der Waals surface area (Å²) in [6.45, 7) is 2.53. The lowest BCUT2D eigenvalue weighted by Crippen LogP contribution is -2.31. The predicted octanol–water partition coefficient (Wildman–Crippen LogP) is 4.67. The zero-order chi connectivity index (χ0) is 19.0. The fourth-order valence-electron chi connectivity index (χ4n) is 3.75. The van der Waals surface area contributed by atoms with Crippen molar-refractivity contribution >= 4 is 16.9 Å². The number of amides is 1. The highest BCUT2D eigenvalue weighted by atomic mass is 19.1. The molecule has 27 heavy (non-hydrogen) atoms. The molecule has 3 aromatic rings. The summed E-state index contributed by atoms with van der Waals surface area (Å²) in [4.78, 5) is 27.8. The van der Waals surface area contributed by atoms with Crippen LogP contribution in [0.25, 0.3) is 11.0 Å². The topological polar surface area (TPSA) is 50.5 Å². The third kappa shape index (κ3) is 2.83. The van der Waals surface area contributed by atoms with Gasteiger partial charge in [-0.25, -0.2) is 4.39 Å². The summed E-state index contributed by atoms with van der Waals surface area (Å²) >= 11 is 0. The van der Waals surface area contributed by atoms with Crippen LogP contribution in [0.4, 0.5) is 4.39 Å². The van der Waals surface area contributed by atoms with Crippen LogP contribution in [0.15, 0.2) is 57.7 Å². The lowest BCUT2D eigenvalue weighted by Gasteiger charge is -2.25. The second-order valence-electron chi connectivity index (χ2n) is 6.80. The molecule has 5 heteroatoms. The highest BCUT2D eigenvalue weighted by Gasteiger charge is 2.43. The van der Waals surface area contributed by atoms with Gasteiger partial charge in [-0.15, -0.1) is 0 Å². The first-order valence-electron chi connectivity index (χ1n) is 9.24. The predicted molar refractivity (Wildman–Crippen MR) is 101 cm³/mol. The van der Waals surface area contributed by atoms with Crippen LogP contribution in [0.3, 0.4) is 0 Å². The first kappa shape index (κ1) is 17.5. The third-order valence-electron chi connectivity index (χ3n) is 5.08. The summed E-state index contributed by atoms with van der Waals surface area (Å²) in [5.41, 5.74) is 0.660. The largest absolute Gasteiger partial charge is 0.450 e. The Morgan fingerprint density at radius 3 is 2.56 bits per heavy atom. The van der Waals surface area contributed by atoms with E-state index in [0.717, 1.165) is 19.3 Å². The second-order valence-corrected chi connectivity index (χ2v) is 6.80. The van der Waals surface area contributed by atoms with E-state index in [1.54, 1.807) is 47.4 Å². The van der Waals surface area contributed by atoms with Crippen molar-refractivity contribution in [1.82, 2.24) is 4.90 Å². The van der Waals surface area contributed by atoms with E-state index in [1.807, 2.05) is 0 Å². The Morgan fingerprint density at radius 1 is 1.04 bits per heavy atom. The van der Waals surface area contributed by atoms with Gasteiger partial charge in [0.15, 0.2) is 5.43 Å². The zero-order valence-electron chi connectivity index (χ0n) is 15.1. The molecule has 1 atom stereocenters. The van der Waals surface area contributed by atoms with Gasteiger partial charge in [-0.3, -0.25) is 9.59 Å². The number of carbonyl (C=O) groups is 1. The Morgan fingerprint density at radius 2 is 1.78 bits per heavy atom. The monoisotopic (exact) mass is 365 g/mol. The van der Waals surface area contributed by atoms with Crippen LogP contribution in [0.2, 0.25) is 0 Å². The van der Waals surface area contributed by atoms with Crippen molar-refractivity contribution in [1.29, 1.82) is 0 Å². The summed E-state index contributed by atoms with van der Waals surface area (Å²) in [6, 6.07) is 12.4. The maximum atomic E-state index is 14.6. The second kappa shape index (κ2) is 6.99. The van der Waals surface area contributed by atoms with Crippen LogP contribution in [-0.4, -0.2) is 17.4 Å². The number of halogens is 1. The molecular weight excluding hydrogens is 345 g/mol. The molecule has 0 fully saturated rings. The van der Waals surface area contributed by atoms with Gasteiger partial charge in [-0.1, -0.05) is 50.1 Å². The van der Waals surface area contributed by atoms with E-state index in [1.165, 1.54) is 6.07 Å². The number of unbranched alkanes of at least 4 members (excludes halogenated alkanes) is 2. The normalized spacial score (nSPS) is 16.1.